The predicted octanol–water partition coefficient (Wildman–Crippen LogP) is 1.29. The van der Waals surface area contributed by atoms with E-state index in [9.17, 15) is 0 Å². The van der Waals surface area contributed by atoms with Crippen molar-refractivity contribution in [2.75, 3.05) is 36.8 Å². The van der Waals surface area contributed by atoms with Gasteiger partial charge >= 0.3 is 0 Å². The molecule has 2 heterocycles. The number of anilines is 2. The van der Waals surface area contributed by atoms with Gasteiger partial charge in [0.25, 0.3) is 0 Å². The third-order valence-corrected chi connectivity index (χ3v) is 3.66. The van der Waals surface area contributed by atoms with Gasteiger partial charge in [0.2, 0.25) is 0 Å². The van der Waals surface area contributed by atoms with Gasteiger partial charge in [0.15, 0.2) is 0 Å². The Labute approximate surface area is 109 Å². The molecule has 18 heavy (non-hydrogen) atoms. The lowest BCUT2D eigenvalue weighted by atomic mass is 10.2. The van der Waals surface area contributed by atoms with Crippen molar-refractivity contribution < 1.29 is 0 Å². The lowest BCUT2D eigenvalue weighted by Crippen LogP contribution is -2.37. The number of nitrogen functional groups attached to an aromatic ring is 1. The molecule has 0 saturated carbocycles. The maximum Gasteiger partial charge on any atom is 0.134 e. The van der Waals surface area contributed by atoms with Crippen LogP contribution in [-0.2, 0) is 0 Å². The number of nitrogens with two attached hydrogens (primary N) is 1. The average molecular weight is 249 g/mol. The molecule has 0 spiro atoms. The molecule has 1 fully saturated rings. The molecule has 1 aliphatic heterocycles. The molecular weight excluding hydrogens is 226 g/mol. The Bertz CT molecular complexity index is 382. The summed E-state index contributed by atoms with van der Waals surface area (Å²) in [5, 5.41) is 0. The van der Waals surface area contributed by atoms with E-state index in [0.29, 0.717) is 11.9 Å². The molecule has 0 radical (unpaired) electrons. The van der Waals surface area contributed by atoms with E-state index in [1.54, 1.807) is 0 Å². The van der Waals surface area contributed by atoms with Gasteiger partial charge in [-0.1, -0.05) is 13.8 Å². The van der Waals surface area contributed by atoms with Crippen LogP contribution in [0.2, 0.25) is 0 Å². The Kier molecular flexibility index (Phi) is 4.01. The van der Waals surface area contributed by atoms with Crippen LogP contribution in [0.25, 0.3) is 0 Å². The number of hydrogen-bond acceptors (Lipinski definition) is 5. The second-order valence-corrected chi connectivity index (χ2v) is 4.81. The van der Waals surface area contributed by atoms with E-state index in [2.05, 4.69) is 33.6 Å². The fourth-order valence-electron chi connectivity index (χ4n) is 2.72. The van der Waals surface area contributed by atoms with E-state index in [1.807, 2.05) is 13.0 Å². The van der Waals surface area contributed by atoms with Gasteiger partial charge in [-0.25, -0.2) is 9.97 Å². The Hall–Kier alpha value is -1.36. The fourth-order valence-corrected chi connectivity index (χ4v) is 2.72. The summed E-state index contributed by atoms with van der Waals surface area (Å²) in [7, 11) is 0. The number of hydrogen-bond donors (Lipinski definition) is 1. The summed E-state index contributed by atoms with van der Waals surface area (Å²) < 4.78 is 0. The molecule has 0 amide bonds. The van der Waals surface area contributed by atoms with Gasteiger partial charge in [0.05, 0.1) is 0 Å². The molecule has 1 aromatic rings. The van der Waals surface area contributed by atoms with Crippen LogP contribution in [0, 0.1) is 6.92 Å². The zero-order valence-electron chi connectivity index (χ0n) is 11.6. The lowest BCUT2D eigenvalue weighted by Gasteiger charge is -2.26. The average Bonchev–Trinajstić information content (AvgIpc) is 2.79. The van der Waals surface area contributed by atoms with Crippen LogP contribution in [0.4, 0.5) is 11.6 Å². The van der Waals surface area contributed by atoms with Crippen LogP contribution in [0.1, 0.15) is 26.1 Å². The summed E-state index contributed by atoms with van der Waals surface area (Å²) in [6, 6.07) is 2.51. The maximum absolute atomic E-state index is 5.79. The summed E-state index contributed by atoms with van der Waals surface area (Å²) in [6.07, 6.45) is 1.20. The quantitative estimate of drug-likeness (QED) is 0.871. The first kappa shape index (κ1) is 13.1. The van der Waals surface area contributed by atoms with Crippen molar-refractivity contribution in [2.24, 2.45) is 0 Å². The van der Waals surface area contributed by atoms with Gasteiger partial charge < -0.3 is 10.6 Å². The van der Waals surface area contributed by atoms with Crippen molar-refractivity contribution in [2.45, 2.75) is 33.2 Å². The molecule has 1 aliphatic rings. The third kappa shape index (κ3) is 2.72. The summed E-state index contributed by atoms with van der Waals surface area (Å²) in [4.78, 5) is 13.4. The highest BCUT2D eigenvalue weighted by molar-refractivity contribution is 5.47. The smallest absolute Gasteiger partial charge is 0.134 e. The van der Waals surface area contributed by atoms with Crippen molar-refractivity contribution in [3.05, 3.63) is 11.9 Å². The van der Waals surface area contributed by atoms with E-state index in [-0.39, 0.29) is 0 Å². The van der Waals surface area contributed by atoms with E-state index >= 15 is 0 Å². The van der Waals surface area contributed by atoms with Gasteiger partial charge in [-0.2, -0.15) is 0 Å². The van der Waals surface area contributed by atoms with Gasteiger partial charge in [0.1, 0.15) is 17.5 Å². The number of likely N-dealkylation sites (N-methyl/N-ethyl adjacent to an activating group) is 1. The van der Waals surface area contributed by atoms with Gasteiger partial charge in [-0.05, 0) is 26.4 Å². The number of aryl methyl sites for hydroxylation is 1. The Morgan fingerprint density at radius 3 is 2.72 bits per heavy atom. The molecule has 1 aromatic heterocycles. The molecule has 2 N–H and O–H groups in total. The van der Waals surface area contributed by atoms with Crippen molar-refractivity contribution in [3.63, 3.8) is 0 Å². The first-order valence-corrected chi connectivity index (χ1v) is 6.74. The largest absolute Gasteiger partial charge is 0.384 e. The molecule has 5 nitrogen and oxygen atoms in total. The monoisotopic (exact) mass is 249 g/mol. The molecule has 2 rings (SSSR count). The minimum Gasteiger partial charge on any atom is -0.384 e. The molecule has 1 saturated heterocycles. The van der Waals surface area contributed by atoms with Crippen molar-refractivity contribution in [3.8, 4) is 0 Å². The molecule has 0 aliphatic carbocycles. The minimum absolute atomic E-state index is 0.559. The Balaban J connectivity index is 2.08. The van der Waals surface area contributed by atoms with Crippen LogP contribution in [0.15, 0.2) is 6.07 Å². The molecule has 100 valence electrons. The first-order chi connectivity index (χ1) is 8.63. The summed E-state index contributed by atoms with van der Waals surface area (Å²) in [5.41, 5.74) is 5.79. The van der Waals surface area contributed by atoms with Gasteiger partial charge in [0, 0.05) is 25.2 Å². The van der Waals surface area contributed by atoms with E-state index in [0.717, 1.165) is 37.8 Å². The third-order valence-electron chi connectivity index (χ3n) is 3.66. The van der Waals surface area contributed by atoms with E-state index < -0.39 is 0 Å². The standard InChI is InChI=1S/C13H23N5/c1-4-17(5-2)11-6-7-18(9-11)13-8-12(14)15-10(3)16-13/h8,11H,4-7,9H2,1-3H3,(H2,14,15,16). The molecule has 5 heteroatoms. The van der Waals surface area contributed by atoms with E-state index in [1.165, 1.54) is 6.42 Å². The second kappa shape index (κ2) is 5.52. The fraction of sp³-hybridized carbons (Fsp3) is 0.692. The Morgan fingerprint density at radius 1 is 1.39 bits per heavy atom. The van der Waals surface area contributed by atoms with Crippen LogP contribution >= 0.6 is 0 Å². The SMILES string of the molecule is CCN(CC)C1CCN(c2cc(N)nc(C)n2)C1. The lowest BCUT2D eigenvalue weighted by molar-refractivity contribution is 0.232. The summed E-state index contributed by atoms with van der Waals surface area (Å²) >= 11 is 0. The zero-order valence-corrected chi connectivity index (χ0v) is 11.6. The summed E-state index contributed by atoms with van der Waals surface area (Å²) in [6.45, 7) is 10.6. The topological polar surface area (TPSA) is 58.3 Å². The molecule has 0 aromatic carbocycles. The highest BCUT2D eigenvalue weighted by atomic mass is 15.3. The summed E-state index contributed by atoms with van der Waals surface area (Å²) in [5.74, 6) is 2.27. The Morgan fingerprint density at radius 2 is 2.11 bits per heavy atom. The van der Waals surface area contributed by atoms with Crippen LogP contribution in [0.3, 0.4) is 0 Å². The minimum atomic E-state index is 0.559. The van der Waals surface area contributed by atoms with Crippen LogP contribution in [-0.4, -0.2) is 47.1 Å². The normalized spacial score (nSPS) is 19.8. The van der Waals surface area contributed by atoms with Gasteiger partial charge in [-0.3, -0.25) is 4.90 Å². The highest BCUT2D eigenvalue weighted by Crippen LogP contribution is 2.22. The number of aromatic nitrogens is 2. The van der Waals surface area contributed by atoms with Crippen LogP contribution in [0.5, 0.6) is 0 Å². The maximum atomic E-state index is 5.79. The predicted molar refractivity (Wildman–Crippen MR) is 74.7 cm³/mol. The molecule has 0 bridgehead atoms. The number of rotatable bonds is 4. The van der Waals surface area contributed by atoms with Gasteiger partial charge in [-0.15, -0.1) is 0 Å². The second-order valence-electron chi connectivity index (χ2n) is 4.81. The van der Waals surface area contributed by atoms with Crippen molar-refractivity contribution in [1.82, 2.24) is 14.9 Å². The molecular formula is C13H23N5. The highest BCUT2D eigenvalue weighted by Gasteiger charge is 2.27. The van der Waals surface area contributed by atoms with E-state index in [4.69, 9.17) is 5.73 Å². The van der Waals surface area contributed by atoms with Crippen molar-refractivity contribution >= 4 is 11.6 Å². The molecule has 1 unspecified atom stereocenters. The zero-order chi connectivity index (χ0) is 13.1. The van der Waals surface area contributed by atoms with Crippen molar-refractivity contribution in [1.29, 1.82) is 0 Å². The van der Waals surface area contributed by atoms with Crippen LogP contribution < -0.4 is 10.6 Å². The first-order valence-electron chi connectivity index (χ1n) is 6.74. The number of nitrogens with zero attached hydrogens (tertiary/aromatic N) is 4. The molecule has 1 atom stereocenters.